The average molecular weight is 310 g/mol. The molecular weight excluding hydrogens is 293 g/mol. The summed E-state index contributed by atoms with van der Waals surface area (Å²) in [7, 11) is 0. The van der Waals surface area contributed by atoms with Gasteiger partial charge in [-0.25, -0.2) is 9.97 Å². The van der Waals surface area contributed by atoms with Crippen molar-refractivity contribution in [2.24, 2.45) is 5.73 Å². The van der Waals surface area contributed by atoms with Crippen LogP contribution in [0.15, 0.2) is 36.7 Å². The second kappa shape index (κ2) is 6.74. The lowest BCUT2D eigenvalue weighted by Crippen LogP contribution is -2.16. The molecule has 0 amide bonds. The molecule has 1 unspecified atom stereocenters. The van der Waals surface area contributed by atoms with Gasteiger partial charge < -0.3 is 11.1 Å². The second-order valence-corrected chi connectivity index (χ2v) is 4.88. The third-order valence-electron chi connectivity index (χ3n) is 3.22. The number of nitrogens with one attached hydrogen (secondary N) is 1. The molecule has 3 N–H and O–H groups in total. The fourth-order valence-corrected chi connectivity index (χ4v) is 2.19. The molecule has 0 spiro atoms. The number of benzene rings is 1. The molecule has 1 aromatic heterocycles. The highest BCUT2D eigenvalue weighted by atomic mass is 19.4. The van der Waals surface area contributed by atoms with Crippen LogP contribution in [0.25, 0.3) is 0 Å². The number of nitrogens with two attached hydrogens (primary N) is 1. The van der Waals surface area contributed by atoms with Crippen LogP contribution in [0.1, 0.15) is 29.8 Å². The van der Waals surface area contributed by atoms with E-state index in [4.69, 9.17) is 5.73 Å². The van der Waals surface area contributed by atoms with Crippen molar-refractivity contribution in [2.75, 3.05) is 11.9 Å². The predicted octanol–water partition coefficient (Wildman–Crippen LogP) is 3.17. The summed E-state index contributed by atoms with van der Waals surface area (Å²) >= 11 is 0. The summed E-state index contributed by atoms with van der Waals surface area (Å²) < 4.78 is 39.1. The molecule has 0 aliphatic carbocycles. The fourth-order valence-electron chi connectivity index (χ4n) is 2.19. The van der Waals surface area contributed by atoms with Crippen molar-refractivity contribution in [3.8, 4) is 0 Å². The van der Waals surface area contributed by atoms with E-state index in [2.05, 4.69) is 15.3 Å². The van der Waals surface area contributed by atoms with Crippen LogP contribution >= 0.6 is 0 Å². The van der Waals surface area contributed by atoms with Crippen molar-refractivity contribution in [1.29, 1.82) is 0 Å². The predicted molar refractivity (Wildman–Crippen MR) is 78.3 cm³/mol. The molecule has 2 rings (SSSR count). The summed E-state index contributed by atoms with van der Waals surface area (Å²) in [4.78, 5) is 8.09. The van der Waals surface area contributed by atoms with E-state index in [0.29, 0.717) is 18.8 Å². The van der Waals surface area contributed by atoms with Crippen molar-refractivity contribution >= 4 is 5.82 Å². The number of anilines is 1. The normalized spacial score (nSPS) is 13.0. The Labute approximate surface area is 126 Å². The number of halogens is 3. The van der Waals surface area contributed by atoms with Crippen LogP contribution in [0.2, 0.25) is 0 Å². The van der Waals surface area contributed by atoms with Gasteiger partial charge in [0.05, 0.1) is 11.6 Å². The maximum Gasteiger partial charge on any atom is 0.416 e. The molecule has 0 aliphatic rings. The van der Waals surface area contributed by atoms with E-state index in [1.165, 1.54) is 18.5 Å². The average Bonchev–Trinajstić information content (AvgIpc) is 2.47. The number of aromatic nitrogens is 2. The van der Waals surface area contributed by atoms with Crippen molar-refractivity contribution in [1.82, 2.24) is 9.97 Å². The Hall–Kier alpha value is -2.15. The monoisotopic (exact) mass is 310 g/mol. The molecule has 1 atom stereocenters. The summed E-state index contributed by atoms with van der Waals surface area (Å²) in [5.41, 5.74) is 5.74. The van der Waals surface area contributed by atoms with E-state index in [1.807, 2.05) is 0 Å². The van der Waals surface area contributed by atoms with Crippen LogP contribution in [-0.4, -0.2) is 16.5 Å². The Balaban J connectivity index is 2.23. The van der Waals surface area contributed by atoms with Crippen LogP contribution in [0.3, 0.4) is 0 Å². The van der Waals surface area contributed by atoms with E-state index < -0.39 is 17.8 Å². The maximum atomic E-state index is 13.0. The lowest BCUT2D eigenvalue weighted by Gasteiger charge is -2.20. The molecule has 0 radical (unpaired) electrons. The highest BCUT2D eigenvalue weighted by Crippen LogP contribution is 2.35. The summed E-state index contributed by atoms with van der Waals surface area (Å²) in [6.07, 6.45) is -2.43. The lowest BCUT2D eigenvalue weighted by molar-refractivity contribution is -0.138. The second-order valence-electron chi connectivity index (χ2n) is 4.88. The minimum Gasteiger partial charge on any atom is -0.363 e. The third kappa shape index (κ3) is 3.94. The SMILES string of the molecule is CC(Nc1cc(CCN)ncn1)c1ccccc1C(F)(F)F. The van der Waals surface area contributed by atoms with E-state index in [-0.39, 0.29) is 5.56 Å². The van der Waals surface area contributed by atoms with E-state index in [1.54, 1.807) is 19.1 Å². The van der Waals surface area contributed by atoms with Crippen molar-refractivity contribution < 1.29 is 13.2 Å². The first kappa shape index (κ1) is 16.2. The zero-order valence-electron chi connectivity index (χ0n) is 12.1. The molecule has 0 bridgehead atoms. The Kier molecular flexibility index (Phi) is 4.97. The van der Waals surface area contributed by atoms with Gasteiger partial charge in [0, 0.05) is 18.2 Å². The van der Waals surface area contributed by atoms with Crippen LogP contribution < -0.4 is 11.1 Å². The molecule has 2 aromatic rings. The quantitative estimate of drug-likeness (QED) is 0.890. The summed E-state index contributed by atoms with van der Waals surface area (Å²) in [5.74, 6) is 0.475. The molecule has 0 fully saturated rings. The van der Waals surface area contributed by atoms with E-state index in [9.17, 15) is 13.2 Å². The molecule has 118 valence electrons. The highest BCUT2D eigenvalue weighted by molar-refractivity contribution is 5.41. The van der Waals surface area contributed by atoms with E-state index in [0.717, 1.165) is 11.8 Å². The molecule has 1 aromatic carbocycles. The van der Waals surface area contributed by atoms with Gasteiger partial charge in [-0.2, -0.15) is 13.2 Å². The minimum atomic E-state index is -4.39. The first-order chi connectivity index (χ1) is 10.4. The van der Waals surface area contributed by atoms with Gasteiger partial charge in [0.15, 0.2) is 0 Å². The topological polar surface area (TPSA) is 63.8 Å². The highest BCUT2D eigenvalue weighted by Gasteiger charge is 2.34. The van der Waals surface area contributed by atoms with Gasteiger partial charge in [-0.05, 0) is 25.1 Å². The van der Waals surface area contributed by atoms with Crippen molar-refractivity contribution in [3.63, 3.8) is 0 Å². The van der Waals surface area contributed by atoms with Crippen LogP contribution in [-0.2, 0) is 12.6 Å². The molecule has 0 saturated heterocycles. The first-order valence-corrected chi connectivity index (χ1v) is 6.85. The van der Waals surface area contributed by atoms with Gasteiger partial charge in [0.1, 0.15) is 12.1 Å². The Morgan fingerprint density at radius 2 is 1.95 bits per heavy atom. The van der Waals surface area contributed by atoms with E-state index >= 15 is 0 Å². The van der Waals surface area contributed by atoms with Gasteiger partial charge >= 0.3 is 6.18 Å². The minimum absolute atomic E-state index is 0.175. The molecule has 4 nitrogen and oxygen atoms in total. The molecule has 22 heavy (non-hydrogen) atoms. The van der Waals surface area contributed by atoms with Gasteiger partial charge in [-0.1, -0.05) is 18.2 Å². The third-order valence-corrected chi connectivity index (χ3v) is 3.22. The fraction of sp³-hybridized carbons (Fsp3) is 0.333. The van der Waals surface area contributed by atoms with Gasteiger partial charge in [-0.15, -0.1) is 0 Å². The number of hydrogen-bond acceptors (Lipinski definition) is 4. The zero-order valence-corrected chi connectivity index (χ0v) is 12.1. The van der Waals surface area contributed by atoms with Crippen LogP contribution in [0.4, 0.5) is 19.0 Å². The molecule has 0 aliphatic heterocycles. The zero-order chi connectivity index (χ0) is 16.2. The van der Waals surface area contributed by atoms with Gasteiger partial charge in [0.25, 0.3) is 0 Å². The smallest absolute Gasteiger partial charge is 0.363 e. The van der Waals surface area contributed by atoms with Crippen molar-refractivity contribution in [2.45, 2.75) is 25.6 Å². The molecule has 1 heterocycles. The lowest BCUT2D eigenvalue weighted by atomic mass is 10.0. The maximum absolute atomic E-state index is 13.0. The van der Waals surface area contributed by atoms with Crippen molar-refractivity contribution in [3.05, 3.63) is 53.5 Å². The standard InChI is InChI=1S/C15H17F3N4/c1-10(12-4-2-3-5-13(12)15(16,17)18)22-14-8-11(6-7-19)20-9-21-14/h2-5,8-10H,6-7,19H2,1H3,(H,20,21,22). The first-order valence-electron chi connectivity index (χ1n) is 6.85. The summed E-state index contributed by atoms with van der Waals surface area (Å²) in [5, 5.41) is 2.98. The van der Waals surface area contributed by atoms with Gasteiger partial charge in [-0.3, -0.25) is 0 Å². The number of alkyl halides is 3. The molecule has 7 heteroatoms. The summed E-state index contributed by atoms with van der Waals surface area (Å²) in [6.45, 7) is 2.11. The molecular formula is C15H17F3N4. The Morgan fingerprint density at radius 1 is 1.23 bits per heavy atom. The van der Waals surface area contributed by atoms with Gasteiger partial charge in [0.2, 0.25) is 0 Å². The number of rotatable bonds is 5. The van der Waals surface area contributed by atoms with Crippen LogP contribution in [0.5, 0.6) is 0 Å². The molecule has 0 saturated carbocycles. The van der Waals surface area contributed by atoms with Crippen LogP contribution in [0, 0.1) is 0 Å². The Bertz CT molecular complexity index is 628. The Morgan fingerprint density at radius 3 is 2.64 bits per heavy atom. The largest absolute Gasteiger partial charge is 0.416 e. The number of nitrogens with zero attached hydrogens (tertiary/aromatic N) is 2. The summed E-state index contributed by atoms with van der Waals surface area (Å²) in [6, 6.07) is 6.65. The number of hydrogen-bond donors (Lipinski definition) is 2.